The van der Waals surface area contributed by atoms with Gasteiger partial charge >= 0.3 is 6.18 Å². The highest BCUT2D eigenvalue weighted by Gasteiger charge is 2.36. The van der Waals surface area contributed by atoms with Crippen molar-refractivity contribution in [3.05, 3.63) is 45.6 Å². The number of aromatic nitrogens is 5. The van der Waals surface area contributed by atoms with Crippen LogP contribution in [0, 0.1) is 6.92 Å². The Balaban J connectivity index is 1.96. The van der Waals surface area contributed by atoms with E-state index in [0.717, 1.165) is 6.07 Å². The Hall–Kier alpha value is -2.43. The van der Waals surface area contributed by atoms with Crippen molar-refractivity contribution in [3.63, 3.8) is 0 Å². The van der Waals surface area contributed by atoms with Crippen LogP contribution < -0.4 is 5.32 Å². The summed E-state index contributed by atoms with van der Waals surface area (Å²) in [5.74, 6) is -0.628. The van der Waals surface area contributed by atoms with E-state index in [-0.39, 0.29) is 21.5 Å². The molecule has 3 heterocycles. The molecule has 7 nitrogen and oxygen atoms in total. The SMILES string of the molecule is CCn1ccc(C(C)NC(=O)c2nn3c(C(F)(F)F)cc(C)nc3c2Br)n1. The van der Waals surface area contributed by atoms with Gasteiger partial charge in [0.2, 0.25) is 0 Å². The topological polar surface area (TPSA) is 77.1 Å². The summed E-state index contributed by atoms with van der Waals surface area (Å²) >= 11 is 3.16. The van der Waals surface area contributed by atoms with E-state index in [1.165, 1.54) is 6.92 Å². The lowest BCUT2D eigenvalue weighted by atomic mass is 10.2. The van der Waals surface area contributed by atoms with E-state index < -0.39 is 23.8 Å². The minimum atomic E-state index is -4.63. The van der Waals surface area contributed by atoms with Gasteiger partial charge in [0.25, 0.3) is 5.91 Å². The summed E-state index contributed by atoms with van der Waals surface area (Å²) in [7, 11) is 0. The van der Waals surface area contributed by atoms with Gasteiger partial charge in [0.1, 0.15) is 5.69 Å². The van der Waals surface area contributed by atoms with Crippen LogP contribution in [0.25, 0.3) is 5.65 Å². The molecule has 144 valence electrons. The lowest BCUT2D eigenvalue weighted by molar-refractivity contribution is -0.142. The van der Waals surface area contributed by atoms with E-state index in [9.17, 15) is 18.0 Å². The van der Waals surface area contributed by atoms with Gasteiger partial charge in [-0.25, -0.2) is 9.50 Å². The molecule has 1 amide bonds. The van der Waals surface area contributed by atoms with Crippen molar-refractivity contribution in [1.82, 2.24) is 29.7 Å². The predicted molar refractivity (Wildman–Crippen MR) is 94.2 cm³/mol. The second kappa shape index (κ2) is 6.95. The zero-order chi connectivity index (χ0) is 19.9. The molecule has 3 aromatic heterocycles. The van der Waals surface area contributed by atoms with Gasteiger partial charge in [0, 0.05) is 18.4 Å². The molecule has 0 saturated heterocycles. The van der Waals surface area contributed by atoms with Crippen LogP contribution in [0.5, 0.6) is 0 Å². The predicted octanol–water partition coefficient (Wildman–Crippen LogP) is 3.53. The second-order valence-electron chi connectivity index (χ2n) is 5.97. The molecule has 3 rings (SSSR count). The first-order chi connectivity index (χ1) is 12.6. The molecule has 1 N–H and O–H groups in total. The minimum absolute atomic E-state index is 0.0737. The third-order valence-electron chi connectivity index (χ3n) is 3.94. The Bertz CT molecular complexity index is 1010. The van der Waals surface area contributed by atoms with E-state index in [2.05, 4.69) is 36.4 Å². The summed E-state index contributed by atoms with van der Waals surface area (Å²) in [6.45, 7) is 5.79. The molecular formula is C16H16BrF3N6O. The molecule has 0 aromatic carbocycles. The van der Waals surface area contributed by atoms with E-state index >= 15 is 0 Å². The third-order valence-corrected chi connectivity index (χ3v) is 4.67. The highest BCUT2D eigenvalue weighted by atomic mass is 79.9. The smallest absolute Gasteiger partial charge is 0.342 e. The fraction of sp³-hybridized carbons (Fsp3) is 0.375. The third kappa shape index (κ3) is 3.68. The number of nitrogens with one attached hydrogen (secondary N) is 1. The number of alkyl halides is 3. The maximum atomic E-state index is 13.3. The Morgan fingerprint density at radius 2 is 2.07 bits per heavy atom. The van der Waals surface area contributed by atoms with Crippen LogP contribution in [0.15, 0.2) is 22.8 Å². The lowest BCUT2D eigenvalue weighted by Crippen LogP contribution is -2.27. The first-order valence-corrected chi connectivity index (χ1v) is 8.88. The maximum absolute atomic E-state index is 13.3. The molecule has 0 spiro atoms. The van der Waals surface area contributed by atoms with Gasteiger partial charge in [0.05, 0.1) is 16.2 Å². The first-order valence-electron chi connectivity index (χ1n) is 8.09. The number of hydrogen-bond acceptors (Lipinski definition) is 4. The number of fused-ring (bicyclic) bond motifs is 1. The van der Waals surface area contributed by atoms with Crippen LogP contribution in [0.4, 0.5) is 13.2 Å². The van der Waals surface area contributed by atoms with Gasteiger partial charge in [-0.05, 0) is 48.8 Å². The van der Waals surface area contributed by atoms with Crippen LogP contribution in [0.3, 0.4) is 0 Å². The summed E-state index contributed by atoms with van der Waals surface area (Å²) < 4.78 is 42.3. The molecule has 0 fully saturated rings. The molecule has 27 heavy (non-hydrogen) atoms. The van der Waals surface area contributed by atoms with Crippen LogP contribution >= 0.6 is 15.9 Å². The van der Waals surface area contributed by atoms with Gasteiger partial charge in [0.15, 0.2) is 11.3 Å². The van der Waals surface area contributed by atoms with Gasteiger partial charge in [-0.15, -0.1) is 0 Å². The number of rotatable bonds is 4. The number of carbonyl (C=O) groups is 1. The number of aryl methyl sites for hydroxylation is 2. The van der Waals surface area contributed by atoms with Crippen molar-refractivity contribution in [1.29, 1.82) is 0 Å². The zero-order valence-corrected chi connectivity index (χ0v) is 16.3. The van der Waals surface area contributed by atoms with Gasteiger partial charge in [-0.3, -0.25) is 9.48 Å². The van der Waals surface area contributed by atoms with Crippen molar-refractivity contribution in [3.8, 4) is 0 Å². The highest BCUT2D eigenvalue weighted by molar-refractivity contribution is 9.10. The molecule has 1 unspecified atom stereocenters. The maximum Gasteiger partial charge on any atom is 0.433 e. The minimum Gasteiger partial charge on any atom is -0.342 e. The Labute approximate surface area is 160 Å². The highest BCUT2D eigenvalue weighted by Crippen LogP contribution is 2.32. The largest absolute Gasteiger partial charge is 0.433 e. The van der Waals surface area contributed by atoms with E-state index in [1.54, 1.807) is 23.9 Å². The molecule has 0 aliphatic heterocycles. The van der Waals surface area contributed by atoms with Crippen LogP contribution in [0.2, 0.25) is 0 Å². The van der Waals surface area contributed by atoms with Crippen molar-refractivity contribution >= 4 is 27.5 Å². The van der Waals surface area contributed by atoms with E-state index in [0.29, 0.717) is 16.8 Å². The molecule has 0 saturated carbocycles. The molecule has 0 aliphatic carbocycles. The summed E-state index contributed by atoms with van der Waals surface area (Å²) in [4.78, 5) is 16.6. The molecule has 1 atom stereocenters. The van der Waals surface area contributed by atoms with Crippen molar-refractivity contribution in [2.75, 3.05) is 0 Å². The quantitative estimate of drug-likeness (QED) is 0.667. The molecule has 0 bridgehead atoms. The summed E-state index contributed by atoms with van der Waals surface area (Å²) in [5.41, 5.74) is -0.453. The molecule has 3 aromatic rings. The fourth-order valence-electron chi connectivity index (χ4n) is 2.58. The zero-order valence-electron chi connectivity index (χ0n) is 14.7. The number of halogens is 4. The molecular weight excluding hydrogens is 429 g/mol. The van der Waals surface area contributed by atoms with E-state index in [1.807, 2.05) is 6.92 Å². The number of hydrogen-bond donors (Lipinski definition) is 1. The van der Waals surface area contributed by atoms with Crippen LogP contribution in [-0.4, -0.2) is 30.3 Å². The van der Waals surface area contributed by atoms with Gasteiger partial charge in [-0.2, -0.15) is 23.4 Å². The van der Waals surface area contributed by atoms with Gasteiger partial charge < -0.3 is 5.32 Å². The van der Waals surface area contributed by atoms with Crippen molar-refractivity contribution < 1.29 is 18.0 Å². The van der Waals surface area contributed by atoms with Crippen LogP contribution in [-0.2, 0) is 12.7 Å². The van der Waals surface area contributed by atoms with Crippen molar-refractivity contribution in [2.24, 2.45) is 0 Å². The lowest BCUT2D eigenvalue weighted by Gasteiger charge is -2.10. The second-order valence-corrected chi connectivity index (χ2v) is 6.76. The molecule has 0 aliphatic rings. The first kappa shape index (κ1) is 19.3. The number of amides is 1. The van der Waals surface area contributed by atoms with Crippen molar-refractivity contribution in [2.45, 2.75) is 39.5 Å². The molecule has 11 heteroatoms. The standard InChI is InChI=1S/C16H16BrF3N6O/c1-4-25-6-5-10(23-25)9(3)22-15(27)13-12(17)14-21-8(2)7-11(16(18,19)20)26(14)24-13/h5-7,9H,4H2,1-3H3,(H,22,27). The van der Waals surface area contributed by atoms with E-state index in [4.69, 9.17) is 0 Å². The number of carbonyl (C=O) groups excluding carboxylic acids is 1. The monoisotopic (exact) mass is 444 g/mol. The Morgan fingerprint density at radius 1 is 1.37 bits per heavy atom. The average Bonchev–Trinajstić information content (AvgIpc) is 3.19. The van der Waals surface area contributed by atoms with Crippen LogP contribution in [0.1, 0.15) is 47.5 Å². The normalized spacial score (nSPS) is 13.1. The number of nitrogens with zero attached hydrogens (tertiary/aromatic N) is 5. The summed E-state index contributed by atoms with van der Waals surface area (Å²) in [6.07, 6.45) is -2.85. The Kier molecular flexibility index (Phi) is 4.98. The summed E-state index contributed by atoms with van der Waals surface area (Å²) in [6, 6.07) is 2.20. The average molecular weight is 445 g/mol. The van der Waals surface area contributed by atoms with Gasteiger partial charge in [-0.1, -0.05) is 0 Å². The summed E-state index contributed by atoms with van der Waals surface area (Å²) in [5, 5.41) is 10.8. The Morgan fingerprint density at radius 3 is 2.67 bits per heavy atom. The molecule has 0 radical (unpaired) electrons. The fourth-order valence-corrected chi connectivity index (χ4v) is 3.10.